The van der Waals surface area contributed by atoms with Crippen LogP contribution < -0.4 is 4.74 Å². The van der Waals surface area contributed by atoms with E-state index in [0.717, 1.165) is 0 Å². The molecule has 2 atom stereocenters. The molecule has 6 nitrogen and oxygen atoms in total. The van der Waals surface area contributed by atoms with Crippen molar-refractivity contribution in [3.8, 4) is 5.75 Å². The van der Waals surface area contributed by atoms with Gasteiger partial charge in [-0.15, -0.1) is 0 Å². The quantitative estimate of drug-likeness (QED) is 0.800. The number of benzene rings is 2. The van der Waals surface area contributed by atoms with E-state index < -0.39 is 28.1 Å². The standard InChI is InChI=1S/C21H23NO5S/c1-4-16-13-18(21(23)24)20(15-9-11-17(27-3)12-10-15)22(16)28(25,26)19-8-6-5-7-14(19)2/h5-13,16,20H,4H2,1-3H3,(H,23,24)/t16-,20+/m0/s1. The van der Waals surface area contributed by atoms with E-state index in [1.807, 2.05) is 6.92 Å². The number of carboxylic acids is 1. The highest BCUT2D eigenvalue weighted by Gasteiger charge is 2.45. The molecule has 0 spiro atoms. The van der Waals surface area contributed by atoms with E-state index in [1.54, 1.807) is 61.5 Å². The van der Waals surface area contributed by atoms with Gasteiger partial charge in [0.05, 0.1) is 23.6 Å². The highest BCUT2D eigenvalue weighted by molar-refractivity contribution is 7.89. The molecular weight excluding hydrogens is 378 g/mol. The number of methoxy groups -OCH3 is 1. The van der Waals surface area contributed by atoms with Crippen LogP contribution in [-0.2, 0) is 14.8 Å². The third-order valence-corrected chi connectivity index (χ3v) is 7.04. The smallest absolute Gasteiger partial charge is 0.333 e. The molecule has 7 heteroatoms. The number of carbonyl (C=O) groups is 1. The van der Waals surface area contributed by atoms with Gasteiger partial charge in [0, 0.05) is 6.04 Å². The van der Waals surface area contributed by atoms with Gasteiger partial charge in [-0.05, 0) is 42.7 Å². The molecule has 0 aliphatic carbocycles. The number of aryl methyl sites for hydroxylation is 1. The summed E-state index contributed by atoms with van der Waals surface area (Å²) in [6.45, 7) is 3.58. The minimum atomic E-state index is -3.92. The highest BCUT2D eigenvalue weighted by atomic mass is 32.2. The zero-order valence-corrected chi connectivity index (χ0v) is 16.8. The van der Waals surface area contributed by atoms with Crippen LogP contribution in [0.1, 0.15) is 30.5 Å². The first kappa shape index (κ1) is 20.1. The Bertz CT molecular complexity index is 1010. The van der Waals surface area contributed by atoms with Gasteiger partial charge in [0.2, 0.25) is 10.0 Å². The molecule has 1 aliphatic rings. The van der Waals surface area contributed by atoms with Crippen molar-refractivity contribution in [3.63, 3.8) is 0 Å². The molecule has 28 heavy (non-hydrogen) atoms. The van der Waals surface area contributed by atoms with E-state index in [9.17, 15) is 18.3 Å². The number of aliphatic carboxylic acids is 1. The van der Waals surface area contributed by atoms with Crippen LogP contribution in [-0.4, -0.2) is 37.0 Å². The van der Waals surface area contributed by atoms with Crippen LogP contribution in [0.4, 0.5) is 0 Å². The Kier molecular flexibility index (Phi) is 5.58. The molecule has 0 saturated carbocycles. The van der Waals surface area contributed by atoms with Crippen molar-refractivity contribution >= 4 is 16.0 Å². The average molecular weight is 401 g/mol. The summed E-state index contributed by atoms with van der Waals surface area (Å²) in [6.07, 6.45) is 2.02. The third kappa shape index (κ3) is 3.43. The number of hydrogen-bond acceptors (Lipinski definition) is 4. The van der Waals surface area contributed by atoms with E-state index in [0.29, 0.717) is 23.3 Å². The van der Waals surface area contributed by atoms with E-state index in [4.69, 9.17) is 4.74 Å². The summed E-state index contributed by atoms with van der Waals surface area (Å²) in [5.41, 5.74) is 1.27. The topological polar surface area (TPSA) is 83.9 Å². The van der Waals surface area contributed by atoms with Crippen molar-refractivity contribution in [2.24, 2.45) is 0 Å². The largest absolute Gasteiger partial charge is 0.497 e. The second-order valence-electron chi connectivity index (χ2n) is 6.68. The number of rotatable bonds is 6. The fourth-order valence-corrected chi connectivity index (χ4v) is 5.61. The van der Waals surface area contributed by atoms with Gasteiger partial charge in [0.1, 0.15) is 5.75 Å². The van der Waals surface area contributed by atoms with Crippen molar-refractivity contribution in [1.82, 2.24) is 4.31 Å². The summed E-state index contributed by atoms with van der Waals surface area (Å²) >= 11 is 0. The van der Waals surface area contributed by atoms with E-state index in [2.05, 4.69) is 0 Å². The normalized spacial score (nSPS) is 20.0. The molecule has 1 aliphatic heterocycles. The fraction of sp³-hybridized carbons (Fsp3) is 0.286. The minimum Gasteiger partial charge on any atom is -0.497 e. The molecular formula is C21H23NO5S. The molecule has 2 aromatic rings. The van der Waals surface area contributed by atoms with Crippen molar-refractivity contribution in [2.75, 3.05) is 7.11 Å². The van der Waals surface area contributed by atoms with Gasteiger partial charge in [-0.2, -0.15) is 4.31 Å². The third-order valence-electron chi connectivity index (χ3n) is 4.99. The van der Waals surface area contributed by atoms with Gasteiger partial charge in [0.15, 0.2) is 0 Å². The Morgan fingerprint density at radius 2 is 1.79 bits per heavy atom. The lowest BCUT2D eigenvalue weighted by molar-refractivity contribution is -0.133. The Labute approximate surface area is 165 Å². The number of nitrogens with zero attached hydrogens (tertiary/aromatic N) is 1. The molecule has 0 aromatic heterocycles. The van der Waals surface area contributed by atoms with Crippen molar-refractivity contribution in [2.45, 2.75) is 37.2 Å². The second-order valence-corrected chi connectivity index (χ2v) is 8.49. The van der Waals surface area contributed by atoms with Crippen LogP contribution in [0.3, 0.4) is 0 Å². The first-order valence-corrected chi connectivity index (χ1v) is 10.4. The second kappa shape index (κ2) is 7.77. The summed E-state index contributed by atoms with van der Waals surface area (Å²) in [4.78, 5) is 12.1. The molecule has 0 fully saturated rings. The van der Waals surface area contributed by atoms with Gasteiger partial charge < -0.3 is 9.84 Å². The molecule has 0 saturated heterocycles. The predicted molar refractivity (Wildman–Crippen MR) is 106 cm³/mol. The van der Waals surface area contributed by atoms with Gasteiger partial charge in [0.25, 0.3) is 0 Å². The minimum absolute atomic E-state index is 0.0641. The summed E-state index contributed by atoms with van der Waals surface area (Å²) < 4.78 is 33.6. The number of carboxylic acid groups (broad SMARTS) is 1. The summed E-state index contributed by atoms with van der Waals surface area (Å²) in [5, 5.41) is 9.75. The lowest BCUT2D eigenvalue weighted by atomic mass is 10.0. The zero-order chi connectivity index (χ0) is 20.5. The molecule has 0 amide bonds. The summed E-state index contributed by atoms with van der Waals surface area (Å²) in [6, 6.07) is 12.1. The van der Waals surface area contributed by atoms with Gasteiger partial charge in [-0.1, -0.05) is 43.3 Å². The lowest BCUT2D eigenvalue weighted by Gasteiger charge is -2.31. The Hall–Kier alpha value is -2.64. The molecule has 1 heterocycles. The summed E-state index contributed by atoms with van der Waals surface area (Å²) in [7, 11) is -2.39. The van der Waals surface area contributed by atoms with Crippen molar-refractivity contribution in [1.29, 1.82) is 0 Å². The Balaban J connectivity index is 2.17. The Morgan fingerprint density at radius 3 is 2.32 bits per heavy atom. The van der Waals surface area contributed by atoms with Gasteiger partial charge in [-0.25, -0.2) is 13.2 Å². The number of hydrogen-bond donors (Lipinski definition) is 1. The lowest BCUT2D eigenvalue weighted by Crippen LogP contribution is -2.39. The molecule has 1 N–H and O–H groups in total. The fourth-order valence-electron chi connectivity index (χ4n) is 3.58. The maximum atomic E-state index is 13.6. The average Bonchev–Trinajstić information content (AvgIpc) is 3.09. The first-order valence-electron chi connectivity index (χ1n) is 8.99. The molecule has 0 radical (unpaired) electrons. The Morgan fingerprint density at radius 1 is 1.14 bits per heavy atom. The highest BCUT2D eigenvalue weighted by Crippen LogP contribution is 2.42. The van der Waals surface area contributed by atoms with Gasteiger partial charge in [-0.3, -0.25) is 0 Å². The van der Waals surface area contributed by atoms with Crippen LogP contribution in [0.15, 0.2) is 65.1 Å². The molecule has 3 rings (SSSR count). The summed E-state index contributed by atoms with van der Waals surface area (Å²) in [5.74, 6) is -0.510. The molecule has 148 valence electrons. The van der Waals surface area contributed by atoms with Crippen LogP contribution in [0.5, 0.6) is 5.75 Å². The maximum absolute atomic E-state index is 13.6. The zero-order valence-electron chi connectivity index (χ0n) is 16.0. The van der Waals surface area contributed by atoms with Crippen LogP contribution in [0, 0.1) is 6.92 Å². The van der Waals surface area contributed by atoms with E-state index in [-0.39, 0.29) is 10.5 Å². The monoisotopic (exact) mass is 401 g/mol. The van der Waals surface area contributed by atoms with Crippen LogP contribution in [0.25, 0.3) is 0 Å². The van der Waals surface area contributed by atoms with E-state index >= 15 is 0 Å². The van der Waals surface area contributed by atoms with Crippen LogP contribution >= 0.6 is 0 Å². The molecule has 2 aromatic carbocycles. The van der Waals surface area contributed by atoms with E-state index in [1.165, 1.54) is 11.4 Å². The predicted octanol–water partition coefficient (Wildman–Crippen LogP) is 3.54. The van der Waals surface area contributed by atoms with Crippen LogP contribution in [0.2, 0.25) is 0 Å². The van der Waals surface area contributed by atoms with Crippen molar-refractivity contribution in [3.05, 3.63) is 71.3 Å². The SMILES string of the molecule is CC[C@H]1C=C(C(=O)O)[C@@H](c2ccc(OC)cc2)N1S(=O)(=O)c1ccccc1C. The van der Waals surface area contributed by atoms with Crippen molar-refractivity contribution < 1.29 is 23.1 Å². The number of sulfonamides is 1. The molecule has 0 bridgehead atoms. The van der Waals surface area contributed by atoms with Gasteiger partial charge >= 0.3 is 5.97 Å². The first-order chi connectivity index (χ1) is 13.3. The molecule has 0 unspecified atom stereocenters. The maximum Gasteiger partial charge on any atom is 0.333 e. The number of ether oxygens (including phenoxy) is 1.